The maximum atomic E-state index is 13.7. The number of para-hydroxylation sites is 1. The minimum atomic E-state index is -0.349. The smallest absolute Gasteiger partial charge is 0.210 e. The summed E-state index contributed by atoms with van der Waals surface area (Å²) in [6.07, 6.45) is 0. The zero-order chi connectivity index (χ0) is 18.7. The Kier molecular flexibility index (Phi) is 5.73. The molecule has 0 aliphatic heterocycles. The Balaban J connectivity index is 1.63. The van der Waals surface area contributed by atoms with Crippen LogP contribution in [0.2, 0.25) is 0 Å². The minimum absolute atomic E-state index is 0.0709. The normalized spacial score (nSPS) is 10.9. The number of hydrogen-bond donors (Lipinski definition) is 1. The van der Waals surface area contributed by atoms with Crippen LogP contribution in [0.5, 0.6) is 0 Å². The van der Waals surface area contributed by atoms with Crippen LogP contribution in [0.15, 0.2) is 34.7 Å². The predicted octanol–water partition coefficient (Wildman–Crippen LogP) is 4.83. The molecule has 0 bridgehead atoms. The van der Waals surface area contributed by atoms with Gasteiger partial charge in [-0.15, -0.1) is 10.2 Å². The first kappa shape index (κ1) is 18.6. The van der Waals surface area contributed by atoms with Crippen LogP contribution in [0.1, 0.15) is 28.7 Å². The molecule has 0 spiro atoms. The van der Waals surface area contributed by atoms with Crippen molar-refractivity contribution in [1.29, 1.82) is 0 Å². The van der Waals surface area contributed by atoms with Crippen molar-refractivity contribution in [2.45, 2.75) is 31.7 Å². The summed E-state index contributed by atoms with van der Waals surface area (Å²) in [4.78, 5) is 12.5. The summed E-state index contributed by atoms with van der Waals surface area (Å²) < 4.78 is 16.5. The van der Waals surface area contributed by atoms with Gasteiger partial charge in [0.2, 0.25) is 5.13 Å². The average Bonchev–Trinajstić information content (AvgIpc) is 3.18. The van der Waals surface area contributed by atoms with Crippen molar-refractivity contribution in [2.75, 3.05) is 11.1 Å². The molecule has 3 rings (SSSR count). The molecule has 0 fully saturated rings. The van der Waals surface area contributed by atoms with Crippen molar-refractivity contribution in [3.8, 4) is 0 Å². The second kappa shape index (κ2) is 8.01. The largest absolute Gasteiger partial charge is 0.349 e. The molecule has 136 valence electrons. The van der Waals surface area contributed by atoms with Gasteiger partial charge in [-0.05, 0) is 39.0 Å². The molecule has 0 aliphatic carbocycles. The molecular weight excluding hydrogens is 371 g/mol. The van der Waals surface area contributed by atoms with Crippen molar-refractivity contribution in [2.24, 2.45) is 0 Å². The number of anilines is 2. The van der Waals surface area contributed by atoms with Crippen LogP contribution < -0.4 is 5.32 Å². The zero-order valence-corrected chi connectivity index (χ0v) is 16.4. The van der Waals surface area contributed by atoms with E-state index in [9.17, 15) is 9.18 Å². The lowest BCUT2D eigenvalue weighted by molar-refractivity contribution is 0.102. The molecule has 8 heteroatoms. The van der Waals surface area contributed by atoms with Gasteiger partial charge >= 0.3 is 0 Å². The lowest BCUT2D eigenvalue weighted by atomic mass is 10.2. The molecule has 3 aromatic rings. The Morgan fingerprint density at radius 3 is 2.77 bits per heavy atom. The van der Waals surface area contributed by atoms with Crippen LogP contribution in [-0.4, -0.2) is 26.3 Å². The topological polar surface area (TPSA) is 59.8 Å². The van der Waals surface area contributed by atoms with E-state index in [2.05, 4.69) is 27.0 Å². The van der Waals surface area contributed by atoms with Gasteiger partial charge in [-0.1, -0.05) is 35.2 Å². The van der Waals surface area contributed by atoms with Gasteiger partial charge in [0.1, 0.15) is 5.82 Å². The molecular formula is C18H19FN4OS2. The second-order valence-electron chi connectivity index (χ2n) is 5.72. The predicted molar refractivity (Wildman–Crippen MR) is 104 cm³/mol. The number of rotatable bonds is 7. The highest BCUT2D eigenvalue weighted by molar-refractivity contribution is 8.01. The molecule has 0 unspecified atom stereocenters. The van der Waals surface area contributed by atoms with E-state index in [0.29, 0.717) is 20.9 Å². The van der Waals surface area contributed by atoms with Gasteiger partial charge in [-0.2, -0.15) is 0 Å². The van der Waals surface area contributed by atoms with Crippen LogP contribution in [0.3, 0.4) is 0 Å². The second-order valence-corrected chi connectivity index (χ2v) is 7.92. The third-order valence-corrected chi connectivity index (χ3v) is 6.01. The number of aryl methyl sites for hydroxylation is 1. The Bertz CT molecular complexity index is 935. The molecule has 0 atom stereocenters. The first-order valence-electron chi connectivity index (χ1n) is 8.17. The van der Waals surface area contributed by atoms with Crippen molar-refractivity contribution in [1.82, 2.24) is 14.8 Å². The SMILES string of the molecule is CCn1c(C)cc(C(=O)CSc2nnc(Nc3ccccc3F)s2)c1C. The molecule has 0 radical (unpaired) electrons. The average molecular weight is 391 g/mol. The molecule has 2 aromatic heterocycles. The summed E-state index contributed by atoms with van der Waals surface area (Å²) in [5.74, 6) is 0.0162. The van der Waals surface area contributed by atoms with E-state index >= 15 is 0 Å². The lowest BCUT2D eigenvalue weighted by Crippen LogP contribution is -2.05. The summed E-state index contributed by atoms with van der Waals surface area (Å²) in [6, 6.07) is 8.32. The third-order valence-electron chi connectivity index (χ3n) is 4.04. The van der Waals surface area contributed by atoms with Crippen LogP contribution in [0, 0.1) is 19.7 Å². The van der Waals surface area contributed by atoms with E-state index < -0.39 is 0 Å². The number of benzene rings is 1. The van der Waals surface area contributed by atoms with E-state index in [0.717, 1.165) is 23.5 Å². The summed E-state index contributed by atoms with van der Waals surface area (Å²) in [7, 11) is 0. The molecule has 1 aromatic carbocycles. The van der Waals surface area contributed by atoms with Crippen LogP contribution in [0.4, 0.5) is 15.2 Å². The van der Waals surface area contributed by atoms with Gasteiger partial charge < -0.3 is 9.88 Å². The van der Waals surface area contributed by atoms with Gasteiger partial charge in [0.15, 0.2) is 10.1 Å². The van der Waals surface area contributed by atoms with Crippen molar-refractivity contribution in [3.05, 3.63) is 53.1 Å². The molecule has 0 amide bonds. The number of halogens is 1. The number of hydrogen-bond acceptors (Lipinski definition) is 6. The van der Waals surface area contributed by atoms with E-state index in [-0.39, 0.29) is 11.6 Å². The van der Waals surface area contributed by atoms with Gasteiger partial charge in [-0.3, -0.25) is 4.79 Å². The number of carbonyl (C=O) groups excluding carboxylic acids is 1. The van der Waals surface area contributed by atoms with E-state index in [1.165, 1.54) is 29.2 Å². The van der Waals surface area contributed by atoms with E-state index in [4.69, 9.17) is 0 Å². The van der Waals surface area contributed by atoms with Gasteiger partial charge in [0.05, 0.1) is 11.4 Å². The fourth-order valence-corrected chi connectivity index (χ4v) is 4.42. The molecule has 26 heavy (non-hydrogen) atoms. The molecule has 0 saturated carbocycles. The lowest BCUT2D eigenvalue weighted by Gasteiger charge is -2.05. The first-order chi connectivity index (χ1) is 12.5. The van der Waals surface area contributed by atoms with Crippen LogP contribution in [-0.2, 0) is 6.54 Å². The fourth-order valence-electron chi connectivity index (χ4n) is 2.77. The number of nitrogens with one attached hydrogen (secondary N) is 1. The van der Waals surface area contributed by atoms with Crippen LogP contribution >= 0.6 is 23.1 Å². The Hall–Kier alpha value is -2.19. The summed E-state index contributed by atoms with van der Waals surface area (Å²) in [5, 5.41) is 11.5. The molecule has 2 heterocycles. The van der Waals surface area contributed by atoms with Gasteiger partial charge in [0, 0.05) is 23.5 Å². The van der Waals surface area contributed by atoms with Crippen LogP contribution in [0.25, 0.3) is 0 Å². The first-order valence-corrected chi connectivity index (χ1v) is 9.97. The maximum Gasteiger partial charge on any atom is 0.210 e. The van der Waals surface area contributed by atoms with Gasteiger partial charge in [-0.25, -0.2) is 4.39 Å². The molecule has 5 nitrogen and oxygen atoms in total. The number of thioether (sulfide) groups is 1. The highest BCUT2D eigenvalue weighted by atomic mass is 32.2. The Morgan fingerprint density at radius 1 is 1.31 bits per heavy atom. The number of ketones is 1. The number of Topliss-reactive ketones (excluding diaryl/α,β-unsaturated/α-hetero) is 1. The van der Waals surface area contributed by atoms with Gasteiger partial charge in [0.25, 0.3) is 0 Å². The fraction of sp³-hybridized carbons (Fsp3) is 0.278. The maximum absolute atomic E-state index is 13.7. The van der Waals surface area contributed by atoms with E-state index in [1.54, 1.807) is 18.2 Å². The summed E-state index contributed by atoms with van der Waals surface area (Å²) >= 11 is 2.64. The zero-order valence-electron chi connectivity index (χ0n) is 14.7. The monoisotopic (exact) mass is 390 g/mol. The van der Waals surface area contributed by atoms with E-state index in [1.807, 2.05) is 19.9 Å². The number of nitrogens with zero attached hydrogens (tertiary/aromatic N) is 3. The number of aromatic nitrogens is 3. The number of carbonyl (C=O) groups is 1. The Labute approximate surface area is 159 Å². The third kappa shape index (κ3) is 3.96. The summed E-state index contributed by atoms with van der Waals surface area (Å²) in [5.41, 5.74) is 3.19. The van der Waals surface area contributed by atoms with Crippen molar-refractivity contribution < 1.29 is 9.18 Å². The van der Waals surface area contributed by atoms with Crippen molar-refractivity contribution in [3.63, 3.8) is 0 Å². The summed E-state index contributed by atoms with van der Waals surface area (Å²) in [6.45, 7) is 6.88. The quantitative estimate of drug-likeness (QED) is 0.462. The standard InChI is InChI=1S/C18H19FN4OS2/c1-4-23-11(2)9-13(12(23)3)16(24)10-25-18-22-21-17(26-18)20-15-8-6-5-7-14(15)19/h5-9H,4,10H2,1-3H3,(H,20,21). The molecule has 0 aliphatic rings. The van der Waals surface area contributed by atoms with Crippen molar-refractivity contribution >= 4 is 39.7 Å². The highest BCUT2D eigenvalue weighted by Crippen LogP contribution is 2.29. The highest BCUT2D eigenvalue weighted by Gasteiger charge is 2.16. The minimum Gasteiger partial charge on any atom is -0.349 e. The Morgan fingerprint density at radius 2 is 2.08 bits per heavy atom. The molecule has 1 N–H and O–H groups in total. The molecule has 0 saturated heterocycles.